The van der Waals surface area contributed by atoms with E-state index < -0.39 is 0 Å². The molecule has 4 aromatic carbocycles. The maximum atomic E-state index is 6.48. The van der Waals surface area contributed by atoms with E-state index in [1.54, 1.807) is 0 Å². The summed E-state index contributed by atoms with van der Waals surface area (Å²) in [5.74, 6) is 1.71. The Morgan fingerprint density at radius 2 is 1.24 bits per heavy atom. The third-order valence-corrected chi connectivity index (χ3v) is 6.91. The minimum atomic E-state index is 0.130. The van der Waals surface area contributed by atoms with Gasteiger partial charge in [0.1, 0.15) is 0 Å². The smallest absolute Gasteiger partial charge is 0.151 e. The van der Waals surface area contributed by atoms with Crippen LogP contribution in [0.3, 0.4) is 0 Å². The zero-order chi connectivity index (χ0) is 22.6. The first-order valence-corrected chi connectivity index (χ1v) is 11.6. The van der Waals surface area contributed by atoms with Crippen LogP contribution < -0.4 is 20.3 Å². The third-order valence-electron chi connectivity index (χ3n) is 6.91. The van der Waals surface area contributed by atoms with Crippen molar-refractivity contribution in [1.29, 1.82) is 0 Å². The molecular weight excluding hydrogens is 418 g/mol. The lowest BCUT2D eigenvalue weighted by atomic mass is 9.85. The van der Waals surface area contributed by atoms with Crippen molar-refractivity contribution in [3.05, 3.63) is 120 Å². The minimum absolute atomic E-state index is 0.130. The largest absolute Gasteiger partial charge is 0.453 e. The van der Waals surface area contributed by atoms with Crippen LogP contribution >= 0.6 is 0 Å². The number of nitrogens with two attached hydrogens (primary N) is 1. The van der Waals surface area contributed by atoms with E-state index >= 15 is 0 Å². The lowest BCUT2D eigenvalue weighted by Crippen LogP contribution is -2.40. The molecule has 2 aliphatic heterocycles. The summed E-state index contributed by atoms with van der Waals surface area (Å²) >= 11 is 0. The number of hydrogen-bond donors (Lipinski definition) is 1. The summed E-state index contributed by atoms with van der Waals surface area (Å²) in [6.45, 7) is 0. The van der Waals surface area contributed by atoms with Crippen molar-refractivity contribution in [2.45, 2.75) is 12.5 Å². The van der Waals surface area contributed by atoms with Crippen LogP contribution in [-0.2, 0) is 0 Å². The Balaban J connectivity index is 1.33. The van der Waals surface area contributed by atoms with Gasteiger partial charge in [0.15, 0.2) is 11.5 Å². The molecule has 7 rings (SSSR count). The van der Waals surface area contributed by atoms with Gasteiger partial charge in [0.25, 0.3) is 0 Å². The van der Waals surface area contributed by atoms with Gasteiger partial charge >= 0.3 is 0 Å². The summed E-state index contributed by atoms with van der Waals surface area (Å²) in [6.07, 6.45) is 5.14. The highest BCUT2D eigenvalue weighted by atomic mass is 16.5. The van der Waals surface area contributed by atoms with Gasteiger partial charge in [-0.3, -0.25) is 0 Å². The first-order valence-electron chi connectivity index (χ1n) is 11.6. The summed E-state index contributed by atoms with van der Waals surface area (Å²) in [7, 11) is 0. The van der Waals surface area contributed by atoms with E-state index in [0.29, 0.717) is 0 Å². The number of para-hydroxylation sites is 5. The molecule has 0 spiro atoms. The van der Waals surface area contributed by atoms with Crippen molar-refractivity contribution in [3.63, 3.8) is 0 Å². The SMILES string of the molecule is NC1=CC=C2CC1N(c1ccc(N3c4ccccc4Oc4ccccc43)cc1)c1ccccc12. The number of rotatable bonds is 2. The second-order valence-electron chi connectivity index (χ2n) is 8.85. The van der Waals surface area contributed by atoms with Gasteiger partial charge in [-0.2, -0.15) is 0 Å². The Hall–Kier alpha value is -4.44. The molecule has 4 aromatic rings. The van der Waals surface area contributed by atoms with Gasteiger partial charge in [0, 0.05) is 28.3 Å². The van der Waals surface area contributed by atoms with E-state index in [0.717, 1.165) is 46.4 Å². The van der Waals surface area contributed by atoms with Crippen LogP contribution in [0.4, 0.5) is 28.4 Å². The Kier molecular flexibility index (Phi) is 4.09. The number of ether oxygens (including phenoxy) is 1. The lowest BCUT2D eigenvalue weighted by Gasteiger charge is -2.42. The van der Waals surface area contributed by atoms with Crippen LogP contribution in [-0.4, -0.2) is 6.04 Å². The third kappa shape index (κ3) is 2.78. The Bertz CT molecular complexity index is 1440. The fourth-order valence-corrected chi connectivity index (χ4v) is 5.33. The van der Waals surface area contributed by atoms with Gasteiger partial charge in [-0.05, 0) is 72.7 Å². The quantitative estimate of drug-likeness (QED) is 0.310. The Morgan fingerprint density at radius 1 is 0.647 bits per heavy atom. The second-order valence-corrected chi connectivity index (χ2v) is 8.85. The highest BCUT2D eigenvalue weighted by Crippen LogP contribution is 2.51. The molecule has 0 saturated heterocycles. The lowest BCUT2D eigenvalue weighted by molar-refractivity contribution is 0.477. The molecule has 0 saturated carbocycles. The standard InChI is InChI=1S/C30H23N3O/c31-24-18-13-20-19-28(24)32(25-8-2-1-7-23(20)25)21-14-16-22(17-15-21)33-26-9-3-5-11-29(26)34-30-12-6-4-10-27(30)33/h1-18,28H,19,31H2. The van der Waals surface area contributed by atoms with E-state index in [4.69, 9.17) is 10.5 Å². The Labute approximate surface area is 198 Å². The number of nitrogens with zero attached hydrogens (tertiary/aromatic N) is 2. The second kappa shape index (κ2) is 7.29. The molecule has 0 amide bonds. The molecule has 2 bridgehead atoms. The first kappa shape index (κ1) is 19.1. The molecule has 1 atom stereocenters. The average molecular weight is 442 g/mol. The predicted molar refractivity (Wildman–Crippen MR) is 138 cm³/mol. The van der Waals surface area contributed by atoms with E-state index in [1.165, 1.54) is 16.8 Å². The Morgan fingerprint density at radius 3 is 1.94 bits per heavy atom. The zero-order valence-corrected chi connectivity index (χ0v) is 18.6. The molecule has 4 heteroatoms. The van der Waals surface area contributed by atoms with Gasteiger partial charge in [-0.1, -0.05) is 48.5 Å². The molecule has 3 aliphatic rings. The molecule has 1 aliphatic carbocycles. The highest BCUT2D eigenvalue weighted by Gasteiger charge is 2.33. The molecular formula is C30H23N3O. The van der Waals surface area contributed by atoms with Crippen LogP contribution in [0.15, 0.2) is 115 Å². The average Bonchev–Trinajstić information content (AvgIpc) is 2.89. The number of allylic oxidation sites excluding steroid dienone is 2. The van der Waals surface area contributed by atoms with E-state index in [1.807, 2.05) is 36.4 Å². The maximum absolute atomic E-state index is 6.48. The predicted octanol–water partition coefficient (Wildman–Crippen LogP) is 7.41. The number of fused-ring (bicyclic) bond motifs is 6. The summed E-state index contributed by atoms with van der Waals surface area (Å²) in [4.78, 5) is 4.64. The van der Waals surface area contributed by atoms with Crippen molar-refractivity contribution < 1.29 is 4.74 Å². The van der Waals surface area contributed by atoms with Crippen LogP contribution in [0.5, 0.6) is 11.5 Å². The van der Waals surface area contributed by atoms with E-state index in [2.05, 4.69) is 82.6 Å². The zero-order valence-electron chi connectivity index (χ0n) is 18.6. The van der Waals surface area contributed by atoms with Gasteiger partial charge in [-0.15, -0.1) is 0 Å². The van der Waals surface area contributed by atoms with Gasteiger partial charge in [0.05, 0.1) is 17.4 Å². The van der Waals surface area contributed by atoms with Gasteiger partial charge in [-0.25, -0.2) is 0 Å². The number of benzene rings is 4. The summed E-state index contributed by atoms with van der Waals surface area (Å²) < 4.78 is 6.17. The molecule has 164 valence electrons. The van der Waals surface area contributed by atoms with Crippen molar-refractivity contribution >= 4 is 34.0 Å². The molecule has 1 unspecified atom stereocenters. The monoisotopic (exact) mass is 441 g/mol. The van der Waals surface area contributed by atoms with E-state index in [9.17, 15) is 0 Å². The fourth-order valence-electron chi connectivity index (χ4n) is 5.33. The van der Waals surface area contributed by atoms with Crippen molar-refractivity contribution in [1.82, 2.24) is 0 Å². The molecule has 4 nitrogen and oxygen atoms in total. The van der Waals surface area contributed by atoms with Crippen LogP contribution in [0.2, 0.25) is 0 Å². The van der Waals surface area contributed by atoms with Crippen LogP contribution in [0.1, 0.15) is 12.0 Å². The van der Waals surface area contributed by atoms with Gasteiger partial charge in [0.2, 0.25) is 0 Å². The fraction of sp³-hybridized carbons (Fsp3) is 0.0667. The molecule has 34 heavy (non-hydrogen) atoms. The molecule has 0 fully saturated rings. The van der Waals surface area contributed by atoms with Crippen molar-refractivity contribution in [2.24, 2.45) is 5.73 Å². The summed E-state index contributed by atoms with van der Waals surface area (Å²) in [5, 5.41) is 0. The van der Waals surface area contributed by atoms with Crippen LogP contribution in [0, 0.1) is 0 Å². The van der Waals surface area contributed by atoms with E-state index in [-0.39, 0.29) is 6.04 Å². The molecule has 0 radical (unpaired) electrons. The maximum Gasteiger partial charge on any atom is 0.151 e. The number of anilines is 5. The van der Waals surface area contributed by atoms with Crippen molar-refractivity contribution in [3.8, 4) is 11.5 Å². The minimum Gasteiger partial charge on any atom is -0.453 e. The normalized spacial score (nSPS) is 17.6. The molecule has 0 aromatic heterocycles. The van der Waals surface area contributed by atoms with Crippen molar-refractivity contribution in [2.75, 3.05) is 9.80 Å². The molecule has 2 heterocycles. The first-order chi connectivity index (χ1) is 16.8. The van der Waals surface area contributed by atoms with Crippen LogP contribution in [0.25, 0.3) is 5.57 Å². The topological polar surface area (TPSA) is 41.7 Å². The molecule has 2 N–H and O–H groups in total. The number of hydrogen-bond acceptors (Lipinski definition) is 4. The van der Waals surface area contributed by atoms with Gasteiger partial charge < -0.3 is 20.3 Å². The highest BCUT2D eigenvalue weighted by molar-refractivity contribution is 5.89. The summed E-state index contributed by atoms with van der Waals surface area (Å²) in [5.41, 5.74) is 15.5. The summed E-state index contributed by atoms with van der Waals surface area (Å²) in [6, 6.07) is 33.8.